The molecule has 2 heterocycles. The minimum Gasteiger partial charge on any atom is -0.497 e. The Morgan fingerprint density at radius 2 is 1.79 bits per heavy atom. The Morgan fingerprint density at radius 1 is 1.06 bits per heavy atom. The summed E-state index contributed by atoms with van der Waals surface area (Å²) in [6.07, 6.45) is 1.91. The number of rotatable bonds is 5. The number of nitrogens with zero attached hydrogens (tertiary/aromatic N) is 2. The number of aromatic nitrogens is 1. The minimum absolute atomic E-state index is 0.0888. The van der Waals surface area contributed by atoms with E-state index in [1.807, 2.05) is 42.5 Å². The van der Waals surface area contributed by atoms with E-state index in [1.165, 1.54) is 10.9 Å². The van der Waals surface area contributed by atoms with Crippen LogP contribution < -0.4 is 15.8 Å². The molecule has 0 spiro atoms. The number of nitrogens with two attached hydrogens (primary N) is 1. The van der Waals surface area contributed by atoms with Crippen LogP contribution in [-0.2, 0) is 11.3 Å². The number of carbonyl (C=O) groups is 1. The van der Waals surface area contributed by atoms with E-state index in [1.54, 1.807) is 7.11 Å². The van der Waals surface area contributed by atoms with Crippen LogP contribution in [0.3, 0.4) is 0 Å². The van der Waals surface area contributed by atoms with Crippen molar-refractivity contribution in [1.29, 1.82) is 0 Å². The Morgan fingerprint density at radius 3 is 2.56 bits per heavy atom. The first-order valence-electron chi connectivity index (χ1n) is 11.5. The maximum absolute atomic E-state index is 13.0. The van der Waals surface area contributed by atoms with Gasteiger partial charge in [0.1, 0.15) is 5.75 Å². The van der Waals surface area contributed by atoms with Crippen LogP contribution in [0.4, 0.5) is 0 Å². The fourth-order valence-electron chi connectivity index (χ4n) is 4.61. The Balaban J connectivity index is 1.40. The van der Waals surface area contributed by atoms with Gasteiger partial charge in [0.15, 0.2) is 5.96 Å². The third-order valence-electron chi connectivity index (χ3n) is 6.36. The number of hydrogen-bond acceptors (Lipinski definition) is 4. The molecule has 1 aliphatic rings. The minimum atomic E-state index is -0.276. The van der Waals surface area contributed by atoms with E-state index in [2.05, 4.69) is 39.1 Å². The number of guanidine groups is 1. The first kappa shape index (κ1) is 22.0. The summed E-state index contributed by atoms with van der Waals surface area (Å²) in [6, 6.07) is 22.1. The third-order valence-corrected chi connectivity index (χ3v) is 6.36. The van der Waals surface area contributed by atoms with Crippen LogP contribution in [-0.4, -0.2) is 36.8 Å². The molecule has 3 N–H and O–H groups in total. The maximum Gasteiger partial charge on any atom is 0.258 e. The first-order chi connectivity index (χ1) is 16.6. The normalized spacial score (nSPS) is 15.0. The SMILES string of the molecule is COc1ccc(CN=C(N)NC(=O)c2ccc3c4ccccc4n(C4CCOCC4)c3c2)cc1. The van der Waals surface area contributed by atoms with E-state index in [-0.39, 0.29) is 11.9 Å². The highest BCUT2D eigenvalue weighted by molar-refractivity contribution is 6.12. The summed E-state index contributed by atoms with van der Waals surface area (Å²) < 4.78 is 13.1. The van der Waals surface area contributed by atoms with Crippen molar-refractivity contribution in [2.45, 2.75) is 25.4 Å². The Kier molecular flexibility index (Phi) is 6.18. The molecule has 34 heavy (non-hydrogen) atoms. The van der Waals surface area contributed by atoms with Crippen molar-refractivity contribution >= 4 is 33.7 Å². The molecule has 174 valence electrons. The van der Waals surface area contributed by atoms with E-state index in [0.717, 1.165) is 48.3 Å². The lowest BCUT2D eigenvalue weighted by molar-refractivity contribution is 0.0717. The lowest BCUT2D eigenvalue weighted by Crippen LogP contribution is -2.36. The highest BCUT2D eigenvalue weighted by Crippen LogP contribution is 2.35. The summed E-state index contributed by atoms with van der Waals surface area (Å²) in [7, 11) is 1.63. The van der Waals surface area contributed by atoms with E-state index in [0.29, 0.717) is 18.2 Å². The number of hydrogen-bond donors (Lipinski definition) is 2. The molecule has 0 aliphatic carbocycles. The molecule has 1 fully saturated rings. The molecule has 5 rings (SSSR count). The molecule has 1 saturated heterocycles. The summed E-state index contributed by atoms with van der Waals surface area (Å²) in [5.41, 5.74) is 9.76. The quantitative estimate of drug-likeness (QED) is 0.344. The number of amides is 1. The Bertz CT molecular complexity index is 1350. The maximum atomic E-state index is 13.0. The molecule has 0 bridgehead atoms. The van der Waals surface area contributed by atoms with Crippen molar-refractivity contribution in [1.82, 2.24) is 9.88 Å². The van der Waals surface area contributed by atoms with E-state index >= 15 is 0 Å². The van der Waals surface area contributed by atoms with Gasteiger partial charge in [-0.2, -0.15) is 0 Å². The number of fused-ring (bicyclic) bond motifs is 3. The van der Waals surface area contributed by atoms with Gasteiger partial charge in [0.05, 0.1) is 19.2 Å². The molecule has 7 heteroatoms. The van der Waals surface area contributed by atoms with Crippen LogP contribution in [0, 0.1) is 0 Å². The number of carbonyl (C=O) groups excluding carboxylic acids is 1. The third kappa shape index (κ3) is 4.34. The van der Waals surface area contributed by atoms with Gasteiger partial charge in [0.25, 0.3) is 5.91 Å². The van der Waals surface area contributed by atoms with Crippen molar-refractivity contribution in [2.24, 2.45) is 10.7 Å². The van der Waals surface area contributed by atoms with Crippen molar-refractivity contribution in [3.63, 3.8) is 0 Å². The monoisotopic (exact) mass is 456 g/mol. The van der Waals surface area contributed by atoms with Crippen molar-refractivity contribution in [3.05, 3.63) is 77.9 Å². The van der Waals surface area contributed by atoms with Gasteiger partial charge in [0, 0.05) is 41.1 Å². The van der Waals surface area contributed by atoms with Gasteiger partial charge in [-0.05, 0) is 48.7 Å². The second-order valence-corrected chi connectivity index (χ2v) is 8.47. The van der Waals surface area contributed by atoms with Crippen LogP contribution in [0.1, 0.15) is 34.8 Å². The molecule has 0 unspecified atom stereocenters. The average molecular weight is 457 g/mol. The fourth-order valence-corrected chi connectivity index (χ4v) is 4.61. The van der Waals surface area contributed by atoms with Crippen LogP contribution in [0.5, 0.6) is 5.75 Å². The van der Waals surface area contributed by atoms with Crippen LogP contribution in [0.15, 0.2) is 71.7 Å². The molecule has 0 atom stereocenters. The van der Waals surface area contributed by atoms with E-state index < -0.39 is 0 Å². The number of benzene rings is 3. The molecule has 0 radical (unpaired) electrons. The molecule has 1 amide bonds. The van der Waals surface area contributed by atoms with Crippen molar-refractivity contribution in [2.75, 3.05) is 20.3 Å². The topological polar surface area (TPSA) is 90.9 Å². The molecule has 4 aromatic rings. The van der Waals surface area contributed by atoms with Gasteiger partial charge in [-0.15, -0.1) is 0 Å². The van der Waals surface area contributed by atoms with Crippen LogP contribution in [0.2, 0.25) is 0 Å². The largest absolute Gasteiger partial charge is 0.497 e. The summed E-state index contributed by atoms with van der Waals surface area (Å²) in [5.74, 6) is 0.593. The fraction of sp³-hybridized carbons (Fsp3) is 0.259. The van der Waals surface area contributed by atoms with Crippen LogP contribution in [0.25, 0.3) is 21.8 Å². The average Bonchev–Trinajstić information content (AvgIpc) is 3.22. The van der Waals surface area contributed by atoms with E-state index in [4.69, 9.17) is 15.2 Å². The molecule has 1 aromatic heterocycles. The van der Waals surface area contributed by atoms with Crippen molar-refractivity contribution < 1.29 is 14.3 Å². The number of ether oxygens (including phenoxy) is 2. The van der Waals surface area contributed by atoms with Gasteiger partial charge in [-0.3, -0.25) is 10.1 Å². The van der Waals surface area contributed by atoms with Gasteiger partial charge < -0.3 is 19.8 Å². The first-order valence-corrected chi connectivity index (χ1v) is 11.5. The summed E-state index contributed by atoms with van der Waals surface area (Å²) in [6.45, 7) is 1.87. The lowest BCUT2D eigenvalue weighted by atomic mass is 10.1. The predicted molar refractivity (Wildman–Crippen MR) is 134 cm³/mol. The van der Waals surface area contributed by atoms with Crippen LogP contribution >= 0.6 is 0 Å². The number of methoxy groups -OCH3 is 1. The Hall–Kier alpha value is -3.84. The number of para-hydroxylation sites is 1. The second-order valence-electron chi connectivity index (χ2n) is 8.47. The number of nitrogens with one attached hydrogen (secondary N) is 1. The molecule has 1 aliphatic heterocycles. The lowest BCUT2D eigenvalue weighted by Gasteiger charge is -2.25. The molecule has 3 aromatic carbocycles. The van der Waals surface area contributed by atoms with Gasteiger partial charge in [-0.25, -0.2) is 4.99 Å². The second kappa shape index (κ2) is 9.57. The predicted octanol–water partition coefficient (Wildman–Crippen LogP) is 4.40. The Labute approximate surface area is 198 Å². The summed E-state index contributed by atoms with van der Waals surface area (Å²) >= 11 is 0. The highest BCUT2D eigenvalue weighted by Gasteiger charge is 2.21. The summed E-state index contributed by atoms with van der Waals surface area (Å²) in [5, 5.41) is 5.05. The number of aliphatic imine (C=N–C) groups is 1. The standard InChI is InChI=1S/C27H28N4O3/c1-33-21-9-6-18(7-10-21)17-29-27(28)30-26(32)19-8-11-23-22-4-2-3-5-24(22)31(25(23)16-19)20-12-14-34-15-13-20/h2-11,16,20H,12-15,17H2,1H3,(H3,28,29,30,32). The zero-order valence-corrected chi connectivity index (χ0v) is 19.2. The summed E-state index contributed by atoms with van der Waals surface area (Å²) in [4.78, 5) is 17.3. The zero-order valence-electron chi connectivity index (χ0n) is 19.2. The van der Waals surface area contributed by atoms with Gasteiger partial charge >= 0.3 is 0 Å². The molecule has 7 nitrogen and oxygen atoms in total. The van der Waals surface area contributed by atoms with E-state index in [9.17, 15) is 4.79 Å². The highest BCUT2D eigenvalue weighted by atomic mass is 16.5. The van der Waals surface area contributed by atoms with Crippen molar-refractivity contribution in [3.8, 4) is 5.75 Å². The van der Waals surface area contributed by atoms with Gasteiger partial charge in [-0.1, -0.05) is 36.4 Å². The van der Waals surface area contributed by atoms with Gasteiger partial charge in [0.2, 0.25) is 0 Å². The zero-order chi connectivity index (χ0) is 23.5. The molecular weight excluding hydrogens is 428 g/mol. The molecular formula is C27H28N4O3. The smallest absolute Gasteiger partial charge is 0.258 e. The molecule has 0 saturated carbocycles.